The van der Waals surface area contributed by atoms with Crippen LogP contribution in [0.5, 0.6) is 23.0 Å². The van der Waals surface area contributed by atoms with E-state index in [2.05, 4.69) is 10.5 Å². The van der Waals surface area contributed by atoms with Crippen molar-refractivity contribution in [2.45, 2.75) is 6.61 Å². The van der Waals surface area contributed by atoms with Crippen molar-refractivity contribution < 1.29 is 24.5 Å². The first-order valence-corrected chi connectivity index (χ1v) is 8.76. The molecule has 3 rings (SSSR count). The van der Waals surface area contributed by atoms with Gasteiger partial charge in [0.05, 0.1) is 13.3 Å². The molecule has 148 valence electrons. The van der Waals surface area contributed by atoms with Crippen molar-refractivity contribution in [2.75, 3.05) is 7.11 Å². The first kappa shape index (κ1) is 19.8. The number of phenolic OH excluding ortho intramolecular Hbond substituents is 2. The quantitative estimate of drug-likeness (QED) is 0.325. The second kappa shape index (κ2) is 9.27. The van der Waals surface area contributed by atoms with E-state index in [9.17, 15) is 15.0 Å². The fraction of sp³-hybridized carbons (Fsp3) is 0.0909. The number of carbonyl (C=O) groups excluding carboxylic acids is 1. The van der Waals surface area contributed by atoms with Crippen LogP contribution in [0.4, 0.5) is 0 Å². The van der Waals surface area contributed by atoms with Gasteiger partial charge in [0.2, 0.25) is 0 Å². The lowest BCUT2D eigenvalue weighted by Crippen LogP contribution is -2.17. The number of nitrogens with one attached hydrogen (secondary N) is 1. The third-order valence-corrected chi connectivity index (χ3v) is 4.04. The van der Waals surface area contributed by atoms with Crippen LogP contribution in [0.1, 0.15) is 21.5 Å². The van der Waals surface area contributed by atoms with E-state index in [1.54, 1.807) is 19.2 Å². The third-order valence-electron chi connectivity index (χ3n) is 4.04. The Morgan fingerprint density at radius 1 is 1.00 bits per heavy atom. The molecular formula is C22H20N2O5. The molecule has 0 radical (unpaired) electrons. The molecule has 0 aliphatic rings. The Morgan fingerprint density at radius 2 is 1.79 bits per heavy atom. The molecule has 1 amide bonds. The molecule has 0 saturated carbocycles. The number of hydrazone groups is 1. The molecule has 7 heteroatoms. The first-order valence-electron chi connectivity index (χ1n) is 8.76. The van der Waals surface area contributed by atoms with Crippen LogP contribution in [0.25, 0.3) is 0 Å². The van der Waals surface area contributed by atoms with E-state index < -0.39 is 5.91 Å². The predicted molar refractivity (Wildman–Crippen MR) is 109 cm³/mol. The van der Waals surface area contributed by atoms with Crippen LogP contribution in [-0.2, 0) is 6.61 Å². The van der Waals surface area contributed by atoms with Gasteiger partial charge in [0.15, 0.2) is 11.5 Å². The van der Waals surface area contributed by atoms with Gasteiger partial charge in [0.25, 0.3) is 5.91 Å². The molecular weight excluding hydrogens is 372 g/mol. The van der Waals surface area contributed by atoms with Crippen LogP contribution in [0.2, 0.25) is 0 Å². The normalized spacial score (nSPS) is 10.7. The van der Waals surface area contributed by atoms with Gasteiger partial charge >= 0.3 is 0 Å². The molecule has 3 aromatic rings. The van der Waals surface area contributed by atoms with Crippen molar-refractivity contribution in [1.29, 1.82) is 0 Å². The highest BCUT2D eigenvalue weighted by Gasteiger charge is 2.07. The summed E-state index contributed by atoms with van der Waals surface area (Å²) >= 11 is 0. The highest BCUT2D eigenvalue weighted by Crippen LogP contribution is 2.24. The first-order chi connectivity index (χ1) is 14.0. The third kappa shape index (κ3) is 5.49. The predicted octanol–water partition coefficient (Wildman–Crippen LogP) is 3.45. The lowest BCUT2D eigenvalue weighted by atomic mass is 10.2. The Balaban J connectivity index is 1.53. The smallest absolute Gasteiger partial charge is 0.271 e. The molecule has 0 aliphatic heterocycles. The van der Waals surface area contributed by atoms with Crippen molar-refractivity contribution in [1.82, 2.24) is 5.43 Å². The standard InChI is InChI=1S/C22H20N2O5/c1-28-19-4-2-3-16(11-19)14-29-18-8-5-15(6-9-18)13-23-24-22(27)17-7-10-20(25)21(26)12-17/h2-13,25-26H,14H2,1H3,(H,24,27)/b23-13+. The Kier molecular flexibility index (Phi) is 6.32. The van der Waals surface area contributed by atoms with E-state index in [1.807, 2.05) is 36.4 Å². The number of methoxy groups -OCH3 is 1. The summed E-state index contributed by atoms with van der Waals surface area (Å²) in [7, 11) is 1.62. The SMILES string of the molecule is COc1cccc(COc2ccc(/C=N/NC(=O)c3ccc(O)c(O)c3)cc2)c1. The molecule has 0 bridgehead atoms. The molecule has 3 N–H and O–H groups in total. The van der Waals surface area contributed by atoms with Crippen LogP contribution >= 0.6 is 0 Å². The van der Waals surface area contributed by atoms with Crippen LogP contribution < -0.4 is 14.9 Å². The molecule has 7 nitrogen and oxygen atoms in total. The highest BCUT2D eigenvalue weighted by molar-refractivity contribution is 5.95. The van der Waals surface area contributed by atoms with Crippen molar-refractivity contribution in [2.24, 2.45) is 5.10 Å². The van der Waals surface area contributed by atoms with Gasteiger partial charge in [-0.05, 0) is 65.7 Å². The summed E-state index contributed by atoms with van der Waals surface area (Å²) in [6.45, 7) is 0.417. The van der Waals surface area contributed by atoms with Gasteiger partial charge in [-0.3, -0.25) is 4.79 Å². The summed E-state index contributed by atoms with van der Waals surface area (Å²) in [5.41, 5.74) is 4.31. The zero-order valence-corrected chi connectivity index (χ0v) is 15.7. The molecule has 3 aromatic carbocycles. The molecule has 0 fully saturated rings. The Morgan fingerprint density at radius 3 is 2.52 bits per heavy atom. The number of ether oxygens (including phenoxy) is 2. The minimum Gasteiger partial charge on any atom is -0.504 e. The van der Waals surface area contributed by atoms with Gasteiger partial charge in [-0.15, -0.1) is 0 Å². The lowest BCUT2D eigenvalue weighted by Gasteiger charge is -2.08. The summed E-state index contributed by atoms with van der Waals surface area (Å²) in [6, 6.07) is 18.7. The summed E-state index contributed by atoms with van der Waals surface area (Å²) in [4.78, 5) is 12.0. The maximum atomic E-state index is 12.0. The van der Waals surface area contributed by atoms with Gasteiger partial charge in [0, 0.05) is 5.56 Å². The summed E-state index contributed by atoms with van der Waals surface area (Å²) in [5, 5.41) is 22.6. The fourth-order valence-corrected chi connectivity index (χ4v) is 2.47. The number of amides is 1. The van der Waals surface area contributed by atoms with Crippen molar-refractivity contribution in [3.63, 3.8) is 0 Å². The van der Waals surface area contributed by atoms with Gasteiger partial charge in [-0.25, -0.2) is 5.43 Å². The van der Waals surface area contributed by atoms with E-state index in [-0.39, 0.29) is 17.1 Å². The average molecular weight is 392 g/mol. The molecule has 0 unspecified atom stereocenters. The second-order valence-electron chi connectivity index (χ2n) is 6.11. The Hall–Kier alpha value is -4.00. The van der Waals surface area contributed by atoms with Crippen LogP contribution in [-0.4, -0.2) is 29.4 Å². The van der Waals surface area contributed by atoms with E-state index in [0.717, 1.165) is 22.9 Å². The topological polar surface area (TPSA) is 100 Å². The van der Waals surface area contributed by atoms with Crippen molar-refractivity contribution >= 4 is 12.1 Å². The summed E-state index contributed by atoms with van der Waals surface area (Å²) < 4.78 is 10.9. The number of hydrogen-bond donors (Lipinski definition) is 3. The van der Waals surface area contributed by atoms with E-state index in [0.29, 0.717) is 12.4 Å². The maximum Gasteiger partial charge on any atom is 0.271 e. The van der Waals surface area contributed by atoms with E-state index in [4.69, 9.17) is 9.47 Å². The minimum atomic E-state index is -0.505. The monoisotopic (exact) mass is 392 g/mol. The number of carbonyl (C=O) groups is 1. The summed E-state index contributed by atoms with van der Waals surface area (Å²) in [6.07, 6.45) is 1.49. The summed E-state index contributed by atoms with van der Waals surface area (Å²) in [5.74, 6) is 0.315. The molecule has 0 spiro atoms. The largest absolute Gasteiger partial charge is 0.504 e. The molecule has 0 saturated heterocycles. The minimum absolute atomic E-state index is 0.179. The maximum absolute atomic E-state index is 12.0. The molecule has 0 heterocycles. The second-order valence-corrected chi connectivity index (χ2v) is 6.11. The zero-order valence-electron chi connectivity index (χ0n) is 15.7. The molecule has 0 atom stereocenters. The number of rotatable bonds is 7. The number of nitrogens with zero attached hydrogens (tertiary/aromatic N) is 1. The van der Waals surface area contributed by atoms with E-state index in [1.165, 1.54) is 18.3 Å². The number of phenols is 2. The number of aromatic hydroxyl groups is 2. The van der Waals surface area contributed by atoms with Crippen molar-refractivity contribution in [3.8, 4) is 23.0 Å². The highest BCUT2D eigenvalue weighted by atomic mass is 16.5. The molecule has 0 aliphatic carbocycles. The lowest BCUT2D eigenvalue weighted by molar-refractivity contribution is 0.0954. The van der Waals surface area contributed by atoms with Crippen LogP contribution in [0.15, 0.2) is 71.8 Å². The zero-order chi connectivity index (χ0) is 20.6. The van der Waals surface area contributed by atoms with Gasteiger partial charge in [-0.1, -0.05) is 12.1 Å². The number of hydrogen-bond acceptors (Lipinski definition) is 6. The van der Waals surface area contributed by atoms with E-state index >= 15 is 0 Å². The molecule has 29 heavy (non-hydrogen) atoms. The Bertz CT molecular complexity index is 1020. The number of benzene rings is 3. The van der Waals surface area contributed by atoms with Gasteiger partial charge in [-0.2, -0.15) is 5.10 Å². The van der Waals surface area contributed by atoms with Crippen molar-refractivity contribution in [3.05, 3.63) is 83.4 Å². The van der Waals surface area contributed by atoms with Gasteiger partial charge in [0.1, 0.15) is 18.1 Å². The average Bonchev–Trinajstić information content (AvgIpc) is 2.75. The fourth-order valence-electron chi connectivity index (χ4n) is 2.47. The Labute approximate surface area is 167 Å². The van der Waals surface area contributed by atoms with Crippen LogP contribution in [0, 0.1) is 0 Å². The molecule has 0 aromatic heterocycles. The van der Waals surface area contributed by atoms with Gasteiger partial charge < -0.3 is 19.7 Å². The van der Waals surface area contributed by atoms with Crippen LogP contribution in [0.3, 0.4) is 0 Å².